The zero-order valence-corrected chi connectivity index (χ0v) is 8.59. The van der Waals surface area contributed by atoms with Crippen LogP contribution in [0.15, 0.2) is 0 Å². The molecule has 72 valence electrons. The molecule has 0 atom stereocenters. The molecule has 0 bridgehead atoms. The average molecular weight is 202 g/mol. The van der Waals surface area contributed by atoms with E-state index in [2.05, 4.69) is 4.74 Å². The van der Waals surface area contributed by atoms with Crippen molar-refractivity contribution in [3.63, 3.8) is 0 Å². The Morgan fingerprint density at radius 2 is 2.00 bits per heavy atom. The fourth-order valence-corrected chi connectivity index (χ4v) is 0.995. The van der Waals surface area contributed by atoms with Gasteiger partial charge in [-0.15, -0.1) is 0 Å². The fourth-order valence-electron chi connectivity index (χ4n) is 0.524. The molecular formula is C6H11LiO5S. The summed E-state index contributed by atoms with van der Waals surface area (Å²) in [6.07, 6.45) is 0.321. The molecule has 0 aliphatic carbocycles. The van der Waals surface area contributed by atoms with E-state index in [0.29, 0.717) is 0 Å². The van der Waals surface area contributed by atoms with Gasteiger partial charge < -0.3 is 9.29 Å². The molecule has 0 spiro atoms. The molecule has 13 heavy (non-hydrogen) atoms. The Labute approximate surface area is 89.8 Å². The van der Waals surface area contributed by atoms with Gasteiger partial charge in [0.05, 0.1) is 16.7 Å². The molecule has 0 amide bonds. The first-order valence-corrected chi connectivity index (χ1v) is 5.12. The van der Waals surface area contributed by atoms with Crippen molar-refractivity contribution >= 4 is 16.1 Å². The average Bonchev–Trinajstić information content (AvgIpc) is 1.96. The third kappa shape index (κ3) is 12.0. The summed E-state index contributed by atoms with van der Waals surface area (Å²) in [5.74, 6) is -0.873. The molecule has 0 saturated heterocycles. The maximum atomic E-state index is 10.5. The van der Waals surface area contributed by atoms with E-state index in [4.69, 9.17) is 0 Å². The smallest absolute Gasteiger partial charge is 0.748 e. The molecule has 0 rings (SSSR count). The Morgan fingerprint density at radius 1 is 1.46 bits per heavy atom. The van der Waals surface area contributed by atoms with Gasteiger partial charge in [-0.3, -0.25) is 4.79 Å². The molecule has 0 N–H and O–H groups in total. The maximum Gasteiger partial charge on any atom is 1.00 e. The number of carbonyl (C=O) groups excluding carboxylic acids is 1. The molecule has 0 aliphatic heterocycles. The number of carbonyl (C=O) groups is 1. The van der Waals surface area contributed by atoms with Gasteiger partial charge in [0.2, 0.25) is 0 Å². The van der Waals surface area contributed by atoms with Gasteiger partial charge in [0.15, 0.2) is 0 Å². The normalized spacial score (nSPS) is 10.3. The van der Waals surface area contributed by atoms with Gasteiger partial charge in [-0.1, -0.05) is 6.92 Å². The quantitative estimate of drug-likeness (QED) is 0.204. The van der Waals surface area contributed by atoms with Gasteiger partial charge in [-0.05, 0) is 6.42 Å². The van der Waals surface area contributed by atoms with Crippen molar-refractivity contribution in [3.05, 3.63) is 0 Å². The molecule has 0 aromatic rings. The summed E-state index contributed by atoms with van der Waals surface area (Å²) in [6.45, 7) is 1.63. The van der Waals surface area contributed by atoms with Crippen LogP contribution in [0.25, 0.3) is 0 Å². The first-order valence-electron chi connectivity index (χ1n) is 3.55. The van der Waals surface area contributed by atoms with Crippen molar-refractivity contribution in [2.75, 3.05) is 12.4 Å². The van der Waals surface area contributed by atoms with E-state index in [1.807, 2.05) is 0 Å². The summed E-state index contributed by atoms with van der Waals surface area (Å²) in [5.41, 5.74) is 0. The summed E-state index contributed by atoms with van der Waals surface area (Å²) in [7, 11) is -4.17. The van der Waals surface area contributed by atoms with Crippen molar-refractivity contribution in [3.8, 4) is 0 Å². The number of rotatable bonds is 5. The monoisotopic (exact) mass is 202 g/mol. The molecule has 0 saturated carbocycles. The summed E-state index contributed by atoms with van der Waals surface area (Å²) in [4.78, 5) is 10.5. The van der Waals surface area contributed by atoms with Crippen molar-refractivity contribution in [1.82, 2.24) is 0 Å². The Kier molecular flexibility index (Phi) is 8.78. The number of hydrogen-bond donors (Lipinski definition) is 0. The van der Waals surface area contributed by atoms with Gasteiger partial charge in [-0.25, -0.2) is 8.42 Å². The van der Waals surface area contributed by atoms with Crippen LogP contribution in [0.3, 0.4) is 0 Å². The Hall–Kier alpha value is -0.0226. The van der Waals surface area contributed by atoms with Gasteiger partial charge in [-0.2, -0.15) is 0 Å². The predicted octanol–water partition coefficient (Wildman–Crippen LogP) is -3.12. The Balaban J connectivity index is 0. The van der Waals surface area contributed by atoms with Gasteiger partial charge in [0.1, 0.15) is 0 Å². The zero-order valence-electron chi connectivity index (χ0n) is 7.78. The van der Waals surface area contributed by atoms with E-state index in [9.17, 15) is 17.8 Å². The van der Waals surface area contributed by atoms with Gasteiger partial charge in [0, 0.05) is 12.2 Å². The maximum absolute atomic E-state index is 10.5. The van der Waals surface area contributed by atoms with Crippen molar-refractivity contribution < 1.29 is 41.4 Å². The Bertz CT molecular complexity index is 235. The molecule has 0 aromatic carbocycles. The van der Waals surface area contributed by atoms with E-state index in [1.54, 1.807) is 6.92 Å². The molecule has 0 unspecified atom stereocenters. The van der Waals surface area contributed by atoms with Crippen LogP contribution in [0.2, 0.25) is 0 Å². The minimum atomic E-state index is -4.17. The van der Waals surface area contributed by atoms with Crippen LogP contribution >= 0.6 is 0 Å². The van der Waals surface area contributed by atoms with Crippen molar-refractivity contribution in [2.24, 2.45) is 0 Å². The van der Waals surface area contributed by atoms with Crippen molar-refractivity contribution in [1.29, 1.82) is 0 Å². The molecule has 0 aliphatic rings. The minimum Gasteiger partial charge on any atom is -0.748 e. The van der Waals surface area contributed by atoms with E-state index >= 15 is 0 Å². The van der Waals surface area contributed by atoms with E-state index in [1.165, 1.54) is 0 Å². The van der Waals surface area contributed by atoms with Crippen LogP contribution in [0.1, 0.15) is 19.8 Å². The summed E-state index contributed by atoms with van der Waals surface area (Å²) < 4.78 is 34.7. The number of ether oxygens (including phenoxy) is 1. The zero-order chi connectivity index (χ0) is 9.61. The number of hydrogen-bond acceptors (Lipinski definition) is 5. The standard InChI is InChI=1S/C6H12O5S.Li/c1-2-6(7)11-4-3-5-12(8,9)10;/h2-5H2,1H3,(H,8,9,10);/q;+1/p-1. The number of esters is 1. The molecule has 7 heteroatoms. The van der Waals surface area contributed by atoms with Crippen LogP contribution in [0.5, 0.6) is 0 Å². The molecule has 0 aromatic heterocycles. The largest absolute Gasteiger partial charge is 1.00 e. The molecule has 0 heterocycles. The topological polar surface area (TPSA) is 83.5 Å². The van der Waals surface area contributed by atoms with Crippen LogP contribution < -0.4 is 18.9 Å². The third-order valence-electron chi connectivity index (χ3n) is 1.09. The second-order valence-electron chi connectivity index (χ2n) is 2.19. The first-order chi connectivity index (χ1) is 5.45. The minimum absolute atomic E-state index is 0. The van der Waals surface area contributed by atoms with Gasteiger partial charge >= 0.3 is 24.8 Å². The van der Waals surface area contributed by atoms with E-state index in [-0.39, 0.29) is 38.3 Å². The molecule has 5 nitrogen and oxygen atoms in total. The first kappa shape index (κ1) is 15.4. The third-order valence-corrected chi connectivity index (χ3v) is 1.88. The van der Waals surface area contributed by atoms with Crippen LogP contribution in [0, 0.1) is 0 Å². The molecule has 0 radical (unpaired) electrons. The van der Waals surface area contributed by atoms with Gasteiger partial charge in [0.25, 0.3) is 0 Å². The summed E-state index contributed by atoms with van der Waals surface area (Å²) in [6, 6.07) is 0. The SMILES string of the molecule is CCC(=O)OCCCS(=O)(=O)[O-].[Li+]. The van der Waals surface area contributed by atoms with Crippen LogP contribution in [-0.4, -0.2) is 31.3 Å². The Morgan fingerprint density at radius 3 is 2.38 bits per heavy atom. The molecular weight excluding hydrogens is 191 g/mol. The van der Waals surface area contributed by atoms with E-state index in [0.717, 1.165) is 0 Å². The molecule has 0 fully saturated rings. The summed E-state index contributed by atoms with van der Waals surface area (Å²) in [5, 5.41) is 0. The van der Waals surface area contributed by atoms with E-state index < -0.39 is 21.8 Å². The van der Waals surface area contributed by atoms with Crippen molar-refractivity contribution in [2.45, 2.75) is 19.8 Å². The van der Waals surface area contributed by atoms with Crippen LogP contribution in [0.4, 0.5) is 0 Å². The second kappa shape index (κ2) is 7.39. The predicted molar refractivity (Wildman–Crippen MR) is 40.4 cm³/mol. The van der Waals surface area contributed by atoms with Crippen LogP contribution in [-0.2, 0) is 19.6 Å². The summed E-state index contributed by atoms with van der Waals surface area (Å²) >= 11 is 0. The second-order valence-corrected chi connectivity index (χ2v) is 3.71. The fraction of sp³-hybridized carbons (Fsp3) is 0.833.